The van der Waals surface area contributed by atoms with Crippen molar-refractivity contribution in [3.8, 4) is 0 Å². The molecule has 0 N–H and O–H groups in total. The van der Waals surface area contributed by atoms with E-state index < -0.39 is 0 Å². The molecule has 0 aliphatic carbocycles. The smallest absolute Gasteiger partial charge is 1.00 e. The normalized spacial score (nSPS) is 10.1. The molecule has 0 aromatic heterocycles. The molecule has 4 nitrogen and oxygen atoms in total. The van der Waals surface area contributed by atoms with E-state index in [2.05, 4.69) is 53.0 Å². The first-order chi connectivity index (χ1) is 12.3. The van der Waals surface area contributed by atoms with Crippen LogP contribution < -0.4 is 0 Å². The SMILES string of the molecule is CC(C)CCCCCOC(=O)CS.CC(C)CCCCCOC(=O)CS.[Ba+2].[H-].[H-]. The van der Waals surface area contributed by atoms with Gasteiger partial charge in [0.05, 0.1) is 24.7 Å². The van der Waals surface area contributed by atoms with Gasteiger partial charge >= 0.3 is 60.8 Å². The molecule has 0 amide bonds. The molecule has 0 saturated carbocycles. The Balaban J connectivity index is -0.000000120. The predicted octanol–water partition coefficient (Wildman–Crippen LogP) is 5.20. The number of carbonyl (C=O) groups excluding carboxylic acids is 2. The van der Waals surface area contributed by atoms with Gasteiger partial charge in [-0.25, -0.2) is 0 Å². The molecule has 0 aromatic carbocycles. The van der Waals surface area contributed by atoms with Gasteiger partial charge in [-0.1, -0.05) is 66.2 Å². The Hall–Kier alpha value is 1.21. The van der Waals surface area contributed by atoms with Crippen molar-refractivity contribution < 1.29 is 21.9 Å². The summed E-state index contributed by atoms with van der Waals surface area (Å²) in [5, 5.41) is 0. The van der Waals surface area contributed by atoms with Crippen molar-refractivity contribution in [2.24, 2.45) is 11.8 Å². The second kappa shape index (κ2) is 25.2. The Labute approximate surface area is 221 Å². The topological polar surface area (TPSA) is 52.6 Å². The van der Waals surface area contributed by atoms with Crippen LogP contribution in [0.5, 0.6) is 0 Å². The van der Waals surface area contributed by atoms with Gasteiger partial charge in [-0.2, -0.15) is 25.3 Å². The molecule has 0 saturated heterocycles. The van der Waals surface area contributed by atoms with E-state index in [0.717, 1.165) is 37.5 Å². The second-order valence-electron chi connectivity index (χ2n) is 7.24. The fraction of sp³-hybridized carbons (Fsp3) is 0.900. The summed E-state index contributed by atoms with van der Waals surface area (Å²) >= 11 is 7.62. The Bertz CT molecular complexity index is 318. The summed E-state index contributed by atoms with van der Waals surface area (Å²) in [5.74, 6) is 1.50. The molecule has 27 heavy (non-hydrogen) atoms. The summed E-state index contributed by atoms with van der Waals surface area (Å²) in [6.45, 7) is 10.00. The Morgan fingerprint density at radius 2 is 1.04 bits per heavy atom. The molecule has 0 aliphatic rings. The van der Waals surface area contributed by atoms with Gasteiger partial charge in [0, 0.05) is 0 Å². The largest absolute Gasteiger partial charge is 2.00 e. The molecule has 0 radical (unpaired) electrons. The van der Waals surface area contributed by atoms with E-state index in [1.54, 1.807) is 0 Å². The average molecular weight is 548 g/mol. The molecule has 0 bridgehead atoms. The zero-order valence-electron chi connectivity index (χ0n) is 19.9. The minimum atomic E-state index is -0.216. The van der Waals surface area contributed by atoms with E-state index in [4.69, 9.17) is 9.47 Å². The summed E-state index contributed by atoms with van der Waals surface area (Å²) in [7, 11) is 0. The van der Waals surface area contributed by atoms with Gasteiger partial charge in [0.2, 0.25) is 0 Å². The van der Waals surface area contributed by atoms with Crippen molar-refractivity contribution in [1.29, 1.82) is 0 Å². The monoisotopic (exact) mass is 548 g/mol. The molecular weight excluding hydrogens is 506 g/mol. The van der Waals surface area contributed by atoms with Crippen LogP contribution in [0.4, 0.5) is 0 Å². The van der Waals surface area contributed by atoms with Crippen LogP contribution in [0, 0.1) is 11.8 Å². The Morgan fingerprint density at radius 3 is 1.30 bits per heavy atom. The van der Waals surface area contributed by atoms with Crippen LogP contribution in [0.3, 0.4) is 0 Å². The molecule has 0 rings (SSSR count). The number of carbonyl (C=O) groups is 2. The molecule has 0 aromatic rings. The molecule has 0 atom stereocenters. The van der Waals surface area contributed by atoms with Crippen LogP contribution >= 0.6 is 25.3 Å². The second-order valence-corrected chi connectivity index (χ2v) is 7.88. The minimum Gasteiger partial charge on any atom is -1.00 e. The van der Waals surface area contributed by atoms with Crippen LogP contribution in [0.2, 0.25) is 0 Å². The molecule has 0 spiro atoms. The number of ether oxygens (including phenoxy) is 2. The Morgan fingerprint density at radius 1 is 0.704 bits per heavy atom. The summed E-state index contributed by atoms with van der Waals surface area (Å²) in [6, 6.07) is 0. The van der Waals surface area contributed by atoms with E-state index >= 15 is 0 Å². The predicted molar refractivity (Wildman–Crippen MR) is 124 cm³/mol. The van der Waals surface area contributed by atoms with Crippen LogP contribution in [0.25, 0.3) is 0 Å². The maximum Gasteiger partial charge on any atom is 2.00 e. The third-order valence-corrected chi connectivity index (χ3v) is 4.15. The number of hydrogen-bond donors (Lipinski definition) is 2. The molecule has 0 aliphatic heterocycles. The van der Waals surface area contributed by atoms with Crippen LogP contribution in [-0.2, 0) is 19.1 Å². The van der Waals surface area contributed by atoms with Crippen LogP contribution in [-0.4, -0.2) is 85.5 Å². The van der Waals surface area contributed by atoms with Crippen molar-refractivity contribution in [3.63, 3.8) is 0 Å². The van der Waals surface area contributed by atoms with Gasteiger partial charge in [0.1, 0.15) is 0 Å². The van der Waals surface area contributed by atoms with Crippen LogP contribution in [0.15, 0.2) is 0 Å². The quantitative estimate of drug-likeness (QED) is 0.136. The fourth-order valence-electron chi connectivity index (χ4n) is 2.13. The molecule has 160 valence electrons. The number of rotatable bonds is 14. The first kappa shape index (κ1) is 32.9. The fourth-order valence-corrected chi connectivity index (χ4v) is 2.31. The van der Waals surface area contributed by atoms with E-state index in [-0.39, 0.29) is 75.2 Å². The van der Waals surface area contributed by atoms with Crippen molar-refractivity contribution in [2.45, 2.75) is 79.1 Å². The molecule has 7 heteroatoms. The van der Waals surface area contributed by atoms with Crippen molar-refractivity contribution in [1.82, 2.24) is 0 Å². The molecule has 0 fully saturated rings. The molecule has 0 heterocycles. The van der Waals surface area contributed by atoms with Gasteiger partial charge in [0.15, 0.2) is 0 Å². The summed E-state index contributed by atoms with van der Waals surface area (Å²) in [4.78, 5) is 21.3. The first-order valence-corrected chi connectivity index (χ1v) is 11.1. The van der Waals surface area contributed by atoms with Crippen molar-refractivity contribution in [2.75, 3.05) is 24.7 Å². The first-order valence-electron chi connectivity index (χ1n) is 9.86. The zero-order chi connectivity index (χ0) is 20.2. The zero-order valence-corrected chi connectivity index (χ0v) is 24.1. The van der Waals surface area contributed by atoms with Gasteiger partial charge in [-0.15, -0.1) is 0 Å². The number of unbranched alkanes of at least 4 members (excludes halogenated alkanes) is 4. The van der Waals surface area contributed by atoms with E-state index in [1.165, 1.54) is 25.7 Å². The van der Waals surface area contributed by atoms with E-state index in [1.807, 2.05) is 0 Å². The van der Waals surface area contributed by atoms with Gasteiger partial charge < -0.3 is 12.3 Å². The third-order valence-electron chi connectivity index (χ3n) is 3.64. The number of esters is 2. The van der Waals surface area contributed by atoms with Crippen molar-refractivity contribution >= 4 is 86.1 Å². The van der Waals surface area contributed by atoms with E-state index in [9.17, 15) is 9.59 Å². The van der Waals surface area contributed by atoms with Crippen molar-refractivity contribution in [3.05, 3.63) is 0 Å². The maximum atomic E-state index is 10.7. The number of hydrogen-bond acceptors (Lipinski definition) is 6. The third kappa shape index (κ3) is 32.1. The maximum absolute atomic E-state index is 10.7. The van der Waals surface area contributed by atoms with Crippen LogP contribution in [0.1, 0.15) is 81.9 Å². The minimum absolute atomic E-state index is 0. The molecule has 0 unspecified atom stereocenters. The summed E-state index contributed by atoms with van der Waals surface area (Å²) < 4.78 is 9.77. The number of thiol groups is 2. The standard InChI is InChI=1S/2C10H20O2S.Ba.2H/c2*1-9(2)6-4-3-5-7-12-10(11)8-13;;;/h2*9,13H,3-8H2,1-2H3;;;/q;;+2;2*-1. The summed E-state index contributed by atoms with van der Waals surface area (Å²) in [6.07, 6.45) is 9.25. The van der Waals surface area contributed by atoms with Gasteiger partial charge in [-0.05, 0) is 24.7 Å². The van der Waals surface area contributed by atoms with Gasteiger partial charge in [0.25, 0.3) is 0 Å². The average Bonchev–Trinajstić information content (AvgIpc) is 2.60. The van der Waals surface area contributed by atoms with E-state index in [0.29, 0.717) is 13.2 Å². The Kier molecular flexibility index (Phi) is 30.7. The summed E-state index contributed by atoms with van der Waals surface area (Å²) in [5.41, 5.74) is 0. The molecular formula is C20H42BaO4S2. The van der Waals surface area contributed by atoms with Gasteiger partial charge in [-0.3, -0.25) is 9.59 Å².